The van der Waals surface area contributed by atoms with Crippen LogP contribution in [0.5, 0.6) is 0 Å². The highest BCUT2D eigenvalue weighted by Gasteiger charge is 2.16. The molecule has 0 saturated carbocycles. The molecule has 3 aromatic rings. The Hall–Kier alpha value is -2.14. The summed E-state index contributed by atoms with van der Waals surface area (Å²) in [5.41, 5.74) is 1.75. The van der Waals surface area contributed by atoms with Gasteiger partial charge in [0.25, 0.3) is 0 Å². The lowest BCUT2D eigenvalue weighted by atomic mass is 10.1. The summed E-state index contributed by atoms with van der Waals surface area (Å²) in [5, 5.41) is 1.59. The summed E-state index contributed by atoms with van der Waals surface area (Å²) >= 11 is 0. The maximum atomic E-state index is 12.0. The fourth-order valence-corrected chi connectivity index (χ4v) is 3.42. The van der Waals surface area contributed by atoms with E-state index in [1.54, 1.807) is 30.3 Å². The second kappa shape index (κ2) is 3.93. The number of aldehydes is 1. The number of carbonyl (C=O) groups is 1. The molecule has 0 aliphatic carbocycles. The molecular formula is C14H11NO3S. The zero-order valence-corrected chi connectivity index (χ0v) is 11.0. The van der Waals surface area contributed by atoms with E-state index in [9.17, 15) is 13.2 Å². The van der Waals surface area contributed by atoms with E-state index in [0.717, 1.165) is 17.1 Å². The van der Waals surface area contributed by atoms with Crippen LogP contribution in [0.3, 0.4) is 0 Å². The lowest BCUT2D eigenvalue weighted by Crippen LogP contribution is -2.09. The Morgan fingerprint density at radius 3 is 2.37 bits per heavy atom. The van der Waals surface area contributed by atoms with E-state index in [2.05, 4.69) is 0 Å². The summed E-state index contributed by atoms with van der Waals surface area (Å²) in [6.45, 7) is 0. The molecule has 0 atom stereocenters. The molecule has 96 valence electrons. The summed E-state index contributed by atoms with van der Waals surface area (Å²) in [6, 6.07) is 12.3. The van der Waals surface area contributed by atoms with Crippen molar-refractivity contribution in [2.45, 2.75) is 0 Å². The highest BCUT2D eigenvalue weighted by Crippen LogP contribution is 2.30. The molecule has 3 rings (SSSR count). The molecule has 0 unspecified atom stereocenters. The SMILES string of the molecule is CS(=O)(=O)n1c2ccccc2c2cc(C=O)ccc21. The minimum absolute atomic E-state index is 0.531. The number of para-hydroxylation sites is 1. The largest absolute Gasteiger partial charge is 0.298 e. The van der Waals surface area contributed by atoms with E-state index < -0.39 is 10.0 Å². The molecule has 0 radical (unpaired) electrons. The molecule has 1 heterocycles. The van der Waals surface area contributed by atoms with Crippen LogP contribution in [0, 0.1) is 0 Å². The number of hydrogen-bond donors (Lipinski definition) is 0. The predicted molar refractivity (Wildman–Crippen MR) is 75.1 cm³/mol. The van der Waals surface area contributed by atoms with Gasteiger partial charge in [-0.25, -0.2) is 12.4 Å². The van der Waals surface area contributed by atoms with Crippen molar-refractivity contribution in [1.29, 1.82) is 0 Å². The van der Waals surface area contributed by atoms with E-state index in [1.165, 1.54) is 10.2 Å². The van der Waals surface area contributed by atoms with Crippen LogP contribution in [-0.4, -0.2) is 24.9 Å². The van der Waals surface area contributed by atoms with Gasteiger partial charge in [-0.15, -0.1) is 0 Å². The number of rotatable bonds is 2. The smallest absolute Gasteiger partial charge is 0.236 e. The average Bonchev–Trinajstić information content (AvgIpc) is 2.72. The van der Waals surface area contributed by atoms with Crippen LogP contribution in [0.4, 0.5) is 0 Å². The summed E-state index contributed by atoms with van der Waals surface area (Å²) in [5.74, 6) is 0. The van der Waals surface area contributed by atoms with Crippen molar-refractivity contribution in [3.63, 3.8) is 0 Å². The zero-order chi connectivity index (χ0) is 13.6. The van der Waals surface area contributed by atoms with Gasteiger partial charge in [0, 0.05) is 16.3 Å². The first-order valence-electron chi connectivity index (χ1n) is 5.71. The first-order valence-corrected chi connectivity index (χ1v) is 7.56. The number of aromatic nitrogens is 1. The standard InChI is InChI=1S/C14H11NO3S/c1-19(17,18)15-13-5-3-2-4-11(13)12-8-10(9-16)6-7-14(12)15/h2-9H,1H3. The molecule has 2 aromatic carbocycles. The molecule has 0 bridgehead atoms. The molecule has 0 N–H and O–H groups in total. The Morgan fingerprint density at radius 2 is 1.68 bits per heavy atom. The molecule has 0 saturated heterocycles. The van der Waals surface area contributed by atoms with Gasteiger partial charge in [0.15, 0.2) is 0 Å². The van der Waals surface area contributed by atoms with Gasteiger partial charge in [-0.3, -0.25) is 4.79 Å². The van der Waals surface area contributed by atoms with Gasteiger partial charge in [-0.2, -0.15) is 0 Å². The number of fused-ring (bicyclic) bond motifs is 3. The van der Waals surface area contributed by atoms with Gasteiger partial charge in [0.1, 0.15) is 6.29 Å². The highest BCUT2D eigenvalue weighted by molar-refractivity contribution is 7.89. The Balaban J connectivity index is 2.63. The van der Waals surface area contributed by atoms with Crippen LogP contribution in [0.15, 0.2) is 42.5 Å². The normalized spacial score (nSPS) is 12.1. The van der Waals surface area contributed by atoms with Crippen LogP contribution in [0.1, 0.15) is 10.4 Å². The third-order valence-electron chi connectivity index (χ3n) is 3.12. The number of nitrogens with zero attached hydrogens (tertiary/aromatic N) is 1. The molecule has 5 heteroatoms. The van der Waals surface area contributed by atoms with E-state index in [-0.39, 0.29) is 0 Å². The van der Waals surface area contributed by atoms with Crippen molar-refractivity contribution in [2.24, 2.45) is 0 Å². The van der Waals surface area contributed by atoms with Crippen LogP contribution in [0.2, 0.25) is 0 Å². The molecule has 0 amide bonds. The molecule has 0 aliphatic rings. The Bertz CT molecular complexity index is 907. The van der Waals surface area contributed by atoms with Crippen LogP contribution >= 0.6 is 0 Å². The topological polar surface area (TPSA) is 56.1 Å². The summed E-state index contributed by atoms with van der Waals surface area (Å²) in [4.78, 5) is 10.9. The molecule has 1 aromatic heterocycles. The van der Waals surface area contributed by atoms with Crippen molar-refractivity contribution < 1.29 is 13.2 Å². The molecule has 19 heavy (non-hydrogen) atoms. The van der Waals surface area contributed by atoms with E-state index >= 15 is 0 Å². The van der Waals surface area contributed by atoms with Gasteiger partial charge in [0.2, 0.25) is 10.0 Å². The van der Waals surface area contributed by atoms with Gasteiger partial charge in [0.05, 0.1) is 17.3 Å². The third kappa shape index (κ3) is 1.74. The third-order valence-corrected chi connectivity index (χ3v) is 4.18. The van der Waals surface area contributed by atoms with Gasteiger partial charge in [-0.05, 0) is 24.3 Å². The Labute approximate surface area is 110 Å². The average molecular weight is 273 g/mol. The minimum atomic E-state index is -3.40. The van der Waals surface area contributed by atoms with Crippen molar-refractivity contribution in [3.05, 3.63) is 48.0 Å². The first kappa shape index (κ1) is 11.9. The lowest BCUT2D eigenvalue weighted by molar-refractivity contribution is 0.112. The molecule has 0 aliphatic heterocycles. The second-order valence-corrected chi connectivity index (χ2v) is 6.27. The second-order valence-electron chi connectivity index (χ2n) is 4.44. The Morgan fingerprint density at radius 1 is 1.00 bits per heavy atom. The van der Waals surface area contributed by atoms with Gasteiger partial charge >= 0.3 is 0 Å². The van der Waals surface area contributed by atoms with Gasteiger partial charge < -0.3 is 0 Å². The number of hydrogen-bond acceptors (Lipinski definition) is 3. The predicted octanol–water partition coefficient (Wildman–Crippen LogP) is 2.41. The zero-order valence-electron chi connectivity index (χ0n) is 10.2. The number of benzene rings is 2. The van der Waals surface area contributed by atoms with Crippen molar-refractivity contribution in [3.8, 4) is 0 Å². The van der Waals surface area contributed by atoms with Crippen LogP contribution < -0.4 is 0 Å². The van der Waals surface area contributed by atoms with Crippen LogP contribution in [0.25, 0.3) is 21.8 Å². The highest BCUT2D eigenvalue weighted by atomic mass is 32.2. The van der Waals surface area contributed by atoms with Crippen LogP contribution in [-0.2, 0) is 10.0 Å². The monoisotopic (exact) mass is 273 g/mol. The van der Waals surface area contributed by atoms with Crippen molar-refractivity contribution in [2.75, 3.05) is 6.26 Å². The fraction of sp³-hybridized carbons (Fsp3) is 0.0714. The quantitative estimate of drug-likeness (QED) is 0.674. The Kier molecular flexibility index (Phi) is 2.46. The lowest BCUT2D eigenvalue weighted by Gasteiger charge is -2.03. The van der Waals surface area contributed by atoms with E-state index in [4.69, 9.17) is 0 Å². The first-order chi connectivity index (χ1) is 9.02. The number of carbonyl (C=O) groups excluding carboxylic acids is 1. The summed E-state index contributed by atoms with van der Waals surface area (Å²) in [7, 11) is -3.40. The van der Waals surface area contributed by atoms with Crippen molar-refractivity contribution >= 4 is 38.1 Å². The molecule has 4 nitrogen and oxygen atoms in total. The minimum Gasteiger partial charge on any atom is -0.298 e. The molecular weight excluding hydrogens is 262 g/mol. The maximum Gasteiger partial charge on any atom is 0.236 e. The summed E-state index contributed by atoms with van der Waals surface area (Å²) < 4.78 is 25.3. The fourth-order valence-electron chi connectivity index (χ4n) is 2.39. The summed E-state index contributed by atoms with van der Waals surface area (Å²) in [6.07, 6.45) is 1.93. The maximum absolute atomic E-state index is 12.0. The van der Waals surface area contributed by atoms with Crippen molar-refractivity contribution in [1.82, 2.24) is 3.97 Å². The molecule has 0 fully saturated rings. The van der Waals surface area contributed by atoms with Gasteiger partial charge in [-0.1, -0.05) is 18.2 Å². The van der Waals surface area contributed by atoms with E-state index in [0.29, 0.717) is 16.6 Å². The van der Waals surface area contributed by atoms with E-state index in [1.807, 2.05) is 12.1 Å². The molecule has 0 spiro atoms.